The standard InChI is InChI=1S/C6H6F4O2/c1-2-5(11)12-3-4(7)6(8,9)10/h2,4H,1,3H2. The molecule has 1 atom stereocenters. The van der Waals surface area contributed by atoms with E-state index in [9.17, 15) is 22.4 Å². The normalized spacial score (nSPS) is 13.7. The molecular weight excluding hydrogens is 180 g/mol. The van der Waals surface area contributed by atoms with E-state index in [0.717, 1.165) is 0 Å². The van der Waals surface area contributed by atoms with Crippen LogP contribution in [0.5, 0.6) is 0 Å². The van der Waals surface area contributed by atoms with Gasteiger partial charge >= 0.3 is 12.1 Å². The molecule has 0 aliphatic heterocycles. The third-order valence-electron chi connectivity index (χ3n) is 0.894. The number of hydrogen-bond donors (Lipinski definition) is 0. The molecule has 0 heterocycles. The fourth-order valence-electron chi connectivity index (χ4n) is 0.309. The summed E-state index contributed by atoms with van der Waals surface area (Å²) in [5.74, 6) is -1.08. The number of alkyl halides is 4. The highest BCUT2D eigenvalue weighted by Gasteiger charge is 2.40. The first kappa shape index (κ1) is 10.9. The lowest BCUT2D eigenvalue weighted by atomic mass is 10.4. The molecule has 0 N–H and O–H groups in total. The van der Waals surface area contributed by atoms with E-state index in [4.69, 9.17) is 0 Å². The third kappa shape index (κ3) is 3.95. The van der Waals surface area contributed by atoms with E-state index >= 15 is 0 Å². The zero-order chi connectivity index (χ0) is 9.78. The summed E-state index contributed by atoms with van der Waals surface area (Å²) in [6, 6.07) is 0. The van der Waals surface area contributed by atoms with Crippen molar-refractivity contribution in [3.8, 4) is 0 Å². The predicted molar refractivity (Wildman–Crippen MR) is 32.1 cm³/mol. The number of hydrogen-bond acceptors (Lipinski definition) is 2. The Bertz CT molecular complexity index is 175. The van der Waals surface area contributed by atoms with Gasteiger partial charge in [0.2, 0.25) is 6.17 Å². The second-order valence-corrected chi connectivity index (χ2v) is 1.84. The lowest BCUT2D eigenvalue weighted by Gasteiger charge is -2.11. The van der Waals surface area contributed by atoms with Crippen molar-refractivity contribution in [2.75, 3.05) is 6.61 Å². The molecule has 0 aromatic rings. The van der Waals surface area contributed by atoms with Crippen LogP contribution in [0.1, 0.15) is 0 Å². The van der Waals surface area contributed by atoms with E-state index in [-0.39, 0.29) is 0 Å². The van der Waals surface area contributed by atoms with E-state index in [0.29, 0.717) is 6.08 Å². The van der Waals surface area contributed by atoms with E-state index < -0.39 is 24.9 Å². The fourth-order valence-corrected chi connectivity index (χ4v) is 0.309. The molecule has 0 radical (unpaired) electrons. The summed E-state index contributed by atoms with van der Waals surface area (Å²) in [4.78, 5) is 10.2. The number of esters is 1. The number of carbonyl (C=O) groups excluding carboxylic acids is 1. The Labute approximate surface area is 65.8 Å². The van der Waals surface area contributed by atoms with Gasteiger partial charge in [-0.05, 0) is 0 Å². The van der Waals surface area contributed by atoms with Crippen molar-refractivity contribution in [3.05, 3.63) is 12.7 Å². The van der Waals surface area contributed by atoms with Crippen molar-refractivity contribution in [2.24, 2.45) is 0 Å². The Morgan fingerprint density at radius 2 is 2.08 bits per heavy atom. The van der Waals surface area contributed by atoms with Gasteiger partial charge in [-0.2, -0.15) is 13.2 Å². The topological polar surface area (TPSA) is 26.3 Å². The lowest BCUT2D eigenvalue weighted by molar-refractivity contribution is -0.194. The van der Waals surface area contributed by atoms with E-state index in [2.05, 4.69) is 11.3 Å². The average Bonchev–Trinajstić information content (AvgIpc) is 1.97. The Hall–Kier alpha value is -1.07. The summed E-state index contributed by atoms with van der Waals surface area (Å²) in [5.41, 5.74) is 0. The fraction of sp³-hybridized carbons (Fsp3) is 0.500. The van der Waals surface area contributed by atoms with Crippen molar-refractivity contribution < 1.29 is 27.1 Å². The Morgan fingerprint density at radius 1 is 1.58 bits per heavy atom. The van der Waals surface area contributed by atoms with Gasteiger partial charge in [0.15, 0.2) is 0 Å². The molecule has 0 spiro atoms. The molecule has 0 fully saturated rings. The average molecular weight is 186 g/mol. The molecule has 6 heteroatoms. The van der Waals surface area contributed by atoms with E-state index in [1.807, 2.05) is 0 Å². The minimum Gasteiger partial charge on any atom is -0.459 e. The van der Waals surface area contributed by atoms with Crippen LogP contribution in [-0.2, 0) is 9.53 Å². The highest BCUT2D eigenvalue weighted by atomic mass is 19.4. The second kappa shape index (κ2) is 4.08. The van der Waals surface area contributed by atoms with Gasteiger partial charge in [0.25, 0.3) is 0 Å². The molecule has 0 aromatic carbocycles. The minimum atomic E-state index is -4.98. The molecule has 0 saturated heterocycles. The van der Waals surface area contributed by atoms with E-state index in [1.54, 1.807) is 0 Å². The highest BCUT2D eigenvalue weighted by Crippen LogP contribution is 2.22. The molecule has 0 amide bonds. The van der Waals surface area contributed by atoms with Gasteiger partial charge < -0.3 is 4.74 Å². The van der Waals surface area contributed by atoms with Crippen LogP contribution in [0.2, 0.25) is 0 Å². The zero-order valence-electron chi connectivity index (χ0n) is 5.90. The van der Waals surface area contributed by atoms with Crippen molar-refractivity contribution in [1.82, 2.24) is 0 Å². The summed E-state index contributed by atoms with van der Waals surface area (Å²) in [6.45, 7) is 1.60. The summed E-state index contributed by atoms with van der Waals surface area (Å²) >= 11 is 0. The summed E-state index contributed by atoms with van der Waals surface area (Å²) in [6.07, 6.45) is -7.47. The molecule has 0 aromatic heterocycles. The monoisotopic (exact) mass is 186 g/mol. The van der Waals surface area contributed by atoms with Gasteiger partial charge in [0.1, 0.15) is 6.61 Å². The van der Waals surface area contributed by atoms with Crippen molar-refractivity contribution >= 4 is 5.97 Å². The molecule has 0 saturated carbocycles. The largest absolute Gasteiger partial charge is 0.459 e. The van der Waals surface area contributed by atoms with Crippen molar-refractivity contribution in [2.45, 2.75) is 12.3 Å². The maximum absolute atomic E-state index is 12.0. The Balaban J connectivity index is 3.79. The maximum Gasteiger partial charge on any atom is 0.423 e. The van der Waals surface area contributed by atoms with Crippen molar-refractivity contribution in [3.63, 3.8) is 0 Å². The number of carbonyl (C=O) groups is 1. The number of rotatable bonds is 3. The summed E-state index contributed by atoms with van der Waals surface area (Å²) < 4.78 is 50.0. The van der Waals surface area contributed by atoms with Crippen LogP contribution in [0.3, 0.4) is 0 Å². The van der Waals surface area contributed by atoms with Gasteiger partial charge in [-0.15, -0.1) is 0 Å². The van der Waals surface area contributed by atoms with Crippen LogP contribution in [-0.4, -0.2) is 24.9 Å². The van der Waals surface area contributed by atoms with Crippen LogP contribution in [0, 0.1) is 0 Å². The van der Waals surface area contributed by atoms with Crippen LogP contribution >= 0.6 is 0 Å². The Kier molecular flexibility index (Phi) is 3.72. The molecular formula is C6H6F4O2. The molecule has 1 unspecified atom stereocenters. The van der Waals surface area contributed by atoms with Crippen LogP contribution in [0.15, 0.2) is 12.7 Å². The lowest BCUT2D eigenvalue weighted by Crippen LogP contribution is -2.29. The van der Waals surface area contributed by atoms with Crippen molar-refractivity contribution in [1.29, 1.82) is 0 Å². The molecule has 0 aliphatic rings. The Morgan fingerprint density at radius 3 is 2.42 bits per heavy atom. The first-order valence-corrected chi connectivity index (χ1v) is 2.88. The molecule has 2 nitrogen and oxygen atoms in total. The maximum atomic E-state index is 12.0. The van der Waals surface area contributed by atoms with Gasteiger partial charge in [-0.1, -0.05) is 6.58 Å². The van der Waals surface area contributed by atoms with Gasteiger partial charge in [0.05, 0.1) is 0 Å². The molecule has 0 rings (SSSR count). The van der Waals surface area contributed by atoms with Gasteiger partial charge in [0, 0.05) is 6.08 Å². The molecule has 0 bridgehead atoms. The molecule has 12 heavy (non-hydrogen) atoms. The number of ether oxygens (including phenoxy) is 1. The SMILES string of the molecule is C=CC(=O)OCC(F)C(F)(F)F. The van der Waals surface area contributed by atoms with E-state index in [1.165, 1.54) is 0 Å². The van der Waals surface area contributed by atoms with Crippen LogP contribution in [0.25, 0.3) is 0 Å². The third-order valence-corrected chi connectivity index (χ3v) is 0.894. The zero-order valence-corrected chi connectivity index (χ0v) is 5.90. The van der Waals surface area contributed by atoms with Crippen LogP contribution < -0.4 is 0 Å². The first-order chi connectivity index (χ1) is 5.38. The smallest absolute Gasteiger partial charge is 0.423 e. The first-order valence-electron chi connectivity index (χ1n) is 2.88. The summed E-state index contributed by atoms with van der Waals surface area (Å²) in [5, 5.41) is 0. The number of halogens is 4. The van der Waals surface area contributed by atoms with Gasteiger partial charge in [-0.3, -0.25) is 0 Å². The molecule has 0 aliphatic carbocycles. The predicted octanol–water partition coefficient (Wildman–Crippen LogP) is 1.62. The molecule has 70 valence electrons. The quantitative estimate of drug-likeness (QED) is 0.380. The van der Waals surface area contributed by atoms with Crippen LogP contribution in [0.4, 0.5) is 17.6 Å². The highest BCUT2D eigenvalue weighted by molar-refractivity contribution is 5.81. The second-order valence-electron chi connectivity index (χ2n) is 1.84. The summed E-state index contributed by atoms with van der Waals surface area (Å²) in [7, 11) is 0. The minimum absolute atomic E-state index is 0.656. The van der Waals surface area contributed by atoms with Gasteiger partial charge in [-0.25, -0.2) is 9.18 Å².